The van der Waals surface area contributed by atoms with Crippen molar-refractivity contribution in [2.75, 3.05) is 13.2 Å². The molecule has 0 amide bonds. The SMILES string of the molecule is CC(C)(O)Cc1cnn(-c2ccc(-c3ccc4[nH]c(O[C@@H]5COC6[C@H](O)CO[C@@H]65)cc4n3)cc2)c1. The second-order valence-electron chi connectivity index (χ2n) is 9.91. The molecule has 0 radical (unpaired) electrons. The van der Waals surface area contributed by atoms with Crippen LogP contribution in [-0.2, 0) is 15.9 Å². The number of aliphatic hydroxyl groups excluding tert-OH is 1. The van der Waals surface area contributed by atoms with Crippen LogP contribution in [0, 0.1) is 0 Å². The number of fused-ring (bicyclic) bond motifs is 2. The van der Waals surface area contributed by atoms with Crippen molar-refractivity contribution in [1.82, 2.24) is 19.7 Å². The van der Waals surface area contributed by atoms with Gasteiger partial charge in [-0.05, 0) is 43.7 Å². The van der Waals surface area contributed by atoms with Gasteiger partial charge in [0, 0.05) is 24.2 Å². The van der Waals surface area contributed by atoms with Crippen LogP contribution >= 0.6 is 0 Å². The Hall–Kier alpha value is -3.24. The van der Waals surface area contributed by atoms with Crippen molar-refractivity contribution in [2.45, 2.75) is 50.3 Å². The summed E-state index contributed by atoms with van der Waals surface area (Å²) in [6.45, 7) is 4.23. The van der Waals surface area contributed by atoms with Crippen molar-refractivity contribution >= 4 is 11.0 Å². The minimum absolute atomic E-state index is 0.264. The van der Waals surface area contributed by atoms with Crippen molar-refractivity contribution < 1.29 is 24.4 Å². The molecule has 0 aliphatic carbocycles. The zero-order valence-electron chi connectivity index (χ0n) is 19.6. The van der Waals surface area contributed by atoms with E-state index >= 15 is 0 Å². The van der Waals surface area contributed by atoms with Gasteiger partial charge in [0.15, 0.2) is 12.0 Å². The van der Waals surface area contributed by atoms with Crippen LogP contribution in [-0.4, -0.2) is 73.2 Å². The van der Waals surface area contributed by atoms with E-state index in [1.54, 1.807) is 20.0 Å². The van der Waals surface area contributed by atoms with E-state index in [0.717, 1.165) is 33.5 Å². The summed E-state index contributed by atoms with van der Waals surface area (Å²) in [6, 6.07) is 13.9. The predicted molar refractivity (Wildman–Crippen MR) is 129 cm³/mol. The lowest BCUT2D eigenvalue weighted by molar-refractivity contribution is 0.00794. The Morgan fingerprint density at radius 3 is 2.71 bits per heavy atom. The van der Waals surface area contributed by atoms with Gasteiger partial charge in [0.2, 0.25) is 0 Å². The summed E-state index contributed by atoms with van der Waals surface area (Å²) in [5.74, 6) is 0.597. The Labute approximate surface area is 202 Å². The zero-order valence-corrected chi connectivity index (χ0v) is 19.6. The molecule has 6 rings (SSSR count). The minimum Gasteiger partial charge on any atom is -0.470 e. The molecule has 0 bridgehead atoms. The van der Waals surface area contributed by atoms with E-state index in [-0.39, 0.29) is 24.9 Å². The highest BCUT2D eigenvalue weighted by Gasteiger charge is 2.48. The number of H-pyrrole nitrogens is 1. The molecule has 3 N–H and O–H groups in total. The summed E-state index contributed by atoms with van der Waals surface area (Å²) in [6.07, 6.45) is 2.80. The lowest BCUT2D eigenvalue weighted by atomic mass is 10.0. The standard InChI is InChI=1S/C26H28N4O5/c1-26(2,32)10-15-11-27-30(12-15)17-5-3-16(4-6-17)18-7-8-19-20(28-18)9-23(29-19)35-22-14-34-24-21(31)13-33-25(22)24/h3-9,11-12,21-22,24-25,29,31-32H,10,13-14H2,1-2H3/t21-,22-,24?,25-/m1/s1. The summed E-state index contributed by atoms with van der Waals surface area (Å²) in [5.41, 5.74) is 4.66. The molecule has 1 unspecified atom stereocenters. The molecule has 9 heteroatoms. The van der Waals surface area contributed by atoms with Gasteiger partial charge in [-0.2, -0.15) is 5.10 Å². The fraction of sp³-hybridized carbons (Fsp3) is 0.385. The van der Waals surface area contributed by atoms with Gasteiger partial charge in [-0.25, -0.2) is 9.67 Å². The summed E-state index contributed by atoms with van der Waals surface area (Å²) in [7, 11) is 0. The van der Waals surface area contributed by atoms with Crippen LogP contribution in [0.4, 0.5) is 0 Å². The Morgan fingerprint density at radius 1 is 1.11 bits per heavy atom. The van der Waals surface area contributed by atoms with Gasteiger partial charge >= 0.3 is 0 Å². The fourth-order valence-electron chi connectivity index (χ4n) is 4.79. The number of pyridine rings is 1. The van der Waals surface area contributed by atoms with Gasteiger partial charge in [0.25, 0.3) is 0 Å². The molecule has 5 heterocycles. The first-order valence-electron chi connectivity index (χ1n) is 11.8. The van der Waals surface area contributed by atoms with Crippen LogP contribution in [0.15, 0.2) is 54.9 Å². The second kappa shape index (κ2) is 8.46. The minimum atomic E-state index is -0.773. The number of hydrogen-bond donors (Lipinski definition) is 3. The van der Waals surface area contributed by atoms with Gasteiger partial charge < -0.3 is 29.4 Å². The molecule has 0 saturated carbocycles. The molecule has 35 heavy (non-hydrogen) atoms. The number of rotatable bonds is 6. The maximum atomic E-state index is 10.0. The zero-order chi connectivity index (χ0) is 24.2. The number of nitrogens with zero attached hydrogens (tertiary/aromatic N) is 3. The number of aromatic amines is 1. The van der Waals surface area contributed by atoms with E-state index in [2.05, 4.69) is 10.1 Å². The second-order valence-corrected chi connectivity index (χ2v) is 9.91. The van der Waals surface area contributed by atoms with E-state index in [4.69, 9.17) is 19.2 Å². The fourth-order valence-corrected chi connectivity index (χ4v) is 4.79. The van der Waals surface area contributed by atoms with E-state index in [0.29, 0.717) is 18.9 Å². The van der Waals surface area contributed by atoms with Crippen molar-refractivity contribution in [1.29, 1.82) is 0 Å². The lowest BCUT2D eigenvalue weighted by Crippen LogP contribution is -2.34. The van der Waals surface area contributed by atoms with Crippen molar-refractivity contribution in [2.24, 2.45) is 0 Å². The highest BCUT2D eigenvalue weighted by atomic mass is 16.6. The van der Waals surface area contributed by atoms with Crippen LogP contribution in [0.25, 0.3) is 28.0 Å². The molecular formula is C26H28N4O5. The van der Waals surface area contributed by atoms with E-state index < -0.39 is 11.7 Å². The first kappa shape index (κ1) is 22.2. The summed E-state index contributed by atoms with van der Waals surface area (Å²) in [4.78, 5) is 8.06. The molecule has 3 aromatic heterocycles. The van der Waals surface area contributed by atoms with Crippen molar-refractivity contribution in [3.63, 3.8) is 0 Å². The first-order chi connectivity index (χ1) is 16.8. The monoisotopic (exact) mass is 476 g/mol. The van der Waals surface area contributed by atoms with Gasteiger partial charge in [-0.3, -0.25) is 0 Å². The highest BCUT2D eigenvalue weighted by Crippen LogP contribution is 2.31. The van der Waals surface area contributed by atoms with Crippen molar-refractivity contribution in [3.05, 3.63) is 60.4 Å². The molecule has 2 aliphatic rings. The molecule has 4 aromatic rings. The van der Waals surface area contributed by atoms with Crippen LogP contribution in [0.2, 0.25) is 0 Å². The lowest BCUT2D eigenvalue weighted by Gasteiger charge is -2.16. The average Bonchev–Trinajstić information content (AvgIpc) is 3.59. The summed E-state index contributed by atoms with van der Waals surface area (Å²) < 4.78 is 19.2. The van der Waals surface area contributed by atoms with E-state index in [1.165, 1.54) is 0 Å². The molecule has 4 atom stereocenters. The Bertz CT molecular complexity index is 1340. The number of benzene rings is 1. The maximum absolute atomic E-state index is 10.0. The molecule has 9 nitrogen and oxygen atoms in total. The predicted octanol–water partition coefficient (Wildman–Crippen LogP) is 2.63. The highest BCUT2D eigenvalue weighted by molar-refractivity contribution is 5.80. The maximum Gasteiger partial charge on any atom is 0.193 e. The third kappa shape index (κ3) is 4.43. The third-order valence-corrected chi connectivity index (χ3v) is 6.41. The van der Waals surface area contributed by atoms with Gasteiger partial charge in [0.1, 0.15) is 18.3 Å². The molecule has 182 valence electrons. The quantitative estimate of drug-likeness (QED) is 0.392. The molecule has 1 aromatic carbocycles. The van der Waals surface area contributed by atoms with Crippen LogP contribution in [0.3, 0.4) is 0 Å². The first-order valence-corrected chi connectivity index (χ1v) is 11.8. The number of nitrogens with one attached hydrogen (secondary N) is 1. The summed E-state index contributed by atoms with van der Waals surface area (Å²) in [5, 5.41) is 24.4. The Morgan fingerprint density at radius 2 is 1.91 bits per heavy atom. The Balaban J connectivity index is 1.18. The van der Waals surface area contributed by atoms with Crippen LogP contribution in [0.5, 0.6) is 5.88 Å². The summed E-state index contributed by atoms with van der Waals surface area (Å²) >= 11 is 0. The third-order valence-electron chi connectivity index (χ3n) is 6.41. The molecule has 2 fully saturated rings. The number of hydrogen-bond acceptors (Lipinski definition) is 7. The molecule has 0 spiro atoms. The Kier molecular flexibility index (Phi) is 5.37. The smallest absolute Gasteiger partial charge is 0.193 e. The number of ether oxygens (including phenoxy) is 3. The molecular weight excluding hydrogens is 448 g/mol. The van der Waals surface area contributed by atoms with E-state index in [1.807, 2.05) is 53.3 Å². The topological polar surface area (TPSA) is 115 Å². The van der Waals surface area contributed by atoms with E-state index in [9.17, 15) is 10.2 Å². The largest absolute Gasteiger partial charge is 0.470 e. The van der Waals surface area contributed by atoms with Crippen LogP contribution < -0.4 is 4.74 Å². The number of aliphatic hydroxyl groups is 2. The molecule has 2 saturated heterocycles. The van der Waals surface area contributed by atoms with Gasteiger partial charge in [0.05, 0.1) is 47.4 Å². The number of aromatic nitrogens is 4. The van der Waals surface area contributed by atoms with Crippen molar-refractivity contribution in [3.8, 4) is 22.8 Å². The van der Waals surface area contributed by atoms with Gasteiger partial charge in [-0.15, -0.1) is 0 Å². The average molecular weight is 477 g/mol. The normalized spacial score (nSPS) is 24.2. The van der Waals surface area contributed by atoms with Gasteiger partial charge in [-0.1, -0.05) is 12.1 Å². The molecule has 2 aliphatic heterocycles. The van der Waals surface area contributed by atoms with Crippen LogP contribution in [0.1, 0.15) is 19.4 Å².